The van der Waals surface area contributed by atoms with Gasteiger partial charge in [-0.25, -0.2) is 0 Å². The first-order chi connectivity index (χ1) is 40.7. The van der Waals surface area contributed by atoms with E-state index in [0.29, 0.717) is 19.3 Å². The van der Waals surface area contributed by atoms with Crippen molar-refractivity contribution in [1.82, 2.24) is 5.32 Å². The standard InChI is InChI=1S/C72H139NO10/c1-3-5-7-9-11-13-15-17-19-21-23-25-26-27-28-29-30-31-32-33-34-35-36-37-38-39-40-42-44-46-48-50-52-54-56-58-60-65(76)71(81)73-63(62-82-72-70(80)69(79)68(78)66(61-74)83-72)67(77)64(75)59-57-55-53-51-49-47-45-43-41-24-22-20-18-16-14-12-10-8-6-4-2/h28-29,31-32,63-70,72,74-80H,3-27,30,33-62H2,1-2H3,(H,73,81)/b29-28-,32-31-. The monoisotopic (exact) mass is 1180 g/mol. The Bertz CT molecular complexity index is 1400. The summed E-state index contributed by atoms with van der Waals surface area (Å²) in [6.07, 6.45) is 65.5. The van der Waals surface area contributed by atoms with Crippen molar-refractivity contribution in [2.75, 3.05) is 13.2 Å². The molecule has 1 aliphatic rings. The molecule has 0 radical (unpaired) electrons. The van der Waals surface area contributed by atoms with Gasteiger partial charge < -0.3 is 50.5 Å². The third-order valence-electron chi connectivity index (χ3n) is 17.8. The molecule has 0 aliphatic carbocycles. The van der Waals surface area contributed by atoms with E-state index in [9.17, 15) is 40.5 Å². The minimum atomic E-state index is -1.66. The van der Waals surface area contributed by atoms with Crippen LogP contribution in [0.5, 0.6) is 0 Å². The number of hydrogen-bond acceptors (Lipinski definition) is 10. The van der Waals surface area contributed by atoms with Gasteiger partial charge in [-0.05, 0) is 44.9 Å². The first-order valence-corrected chi connectivity index (χ1v) is 36.2. The van der Waals surface area contributed by atoms with E-state index in [2.05, 4.69) is 43.5 Å². The molecule has 8 N–H and O–H groups in total. The molecule has 1 saturated heterocycles. The molecule has 9 unspecified atom stereocenters. The number of amides is 1. The topological polar surface area (TPSA) is 189 Å². The Labute approximate surface area is 512 Å². The van der Waals surface area contributed by atoms with Crippen molar-refractivity contribution in [3.63, 3.8) is 0 Å². The number of aliphatic hydroxyl groups is 7. The van der Waals surface area contributed by atoms with E-state index in [0.717, 1.165) is 44.9 Å². The summed E-state index contributed by atoms with van der Waals surface area (Å²) < 4.78 is 11.2. The second-order valence-electron chi connectivity index (χ2n) is 25.7. The second-order valence-corrected chi connectivity index (χ2v) is 25.7. The number of unbranched alkanes of at least 4 members (excludes halogenated alkanes) is 48. The van der Waals surface area contributed by atoms with E-state index in [1.54, 1.807) is 0 Å². The van der Waals surface area contributed by atoms with Gasteiger partial charge in [0, 0.05) is 0 Å². The summed E-state index contributed by atoms with van der Waals surface area (Å²) >= 11 is 0. The van der Waals surface area contributed by atoms with Crippen molar-refractivity contribution in [2.45, 2.75) is 416 Å². The van der Waals surface area contributed by atoms with Crippen molar-refractivity contribution in [1.29, 1.82) is 0 Å². The Balaban J connectivity index is 2.15. The Morgan fingerprint density at radius 3 is 1.07 bits per heavy atom. The lowest BCUT2D eigenvalue weighted by molar-refractivity contribution is -0.303. The van der Waals surface area contributed by atoms with Crippen molar-refractivity contribution in [3.05, 3.63) is 24.3 Å². The van der Waals surface area contributed by atoms with Crippen molar-refractivity contribution < 1.29 is 50.0 Å². The van der Waals surface area contributed by atoms with E-state index in [4.69, 9.17) is 9.47 Å². The zero-order valence-electron chi connectivity index (χ0n) is 54.5. The Hall–Kier alpha value is -1.41. The highest BCUT2D eigenvalue weighted by molar-refractivity contribution is 5.80. The van der Waals surface area contributed by atoms with E-state index in [-0.39, 0.29) is 6.42 Å². The smallest absolute Gasteiger partial charge is 0.249 e. The summed E-state index contributed by atoms with van der Waals surface area (Å²) in [5.74, 6) is -0.690. The molecule has 9 atom stereocenters. The average Bonchev–Trinajstić information content (AvgIpc) is 3.69. The fraction of sp³-hybridized carbons (Fsp3) is 0.931. The van der Waals surface area contributed by atoms with Crippen LogP contribution in [0.15, 0.2) is 24.3 Å². The summed E-state index contributed by atoms with van der Waals surface area (Å²) in [4.78, 5) is 13.3. The van der Waals surface area contributed by atoms with Crippen LogP contribution in [0, 0.1) is 0 Å². The first kappa shape index (κ1) is 79.6. The Morgan fingerprint density at radius 2 is 0.735 bits per heavy atom. The summed E-state index contributed by atoms with van der Waals surface area (Å²) in [7, 11) is 0. The van der Waals surface area contributed by atoms with Crippen LogP contribution in [0.25, 0.3) is 0 Å². The fourth-order valence-corrected chi connectivity index (χ4v) is 11.9. The van der Waals surface area contributed by atoms with Crippen molar-refractivity contribution in [3.8, 4) is 0 Å². The lowest BCUT2D eigenvalue weighted by Crippen LogP contribution is -2.60. The molecule has 1 amide bonds. The molecule has 0 aromatic carbocycles. The molecule has 0 spiro atoms. The molecule has 83 heavy (non-hydrogen) atoms. The van der Waals surface area contributed by atoms with Crippen LogP contribution in [0.2, 0.25) is 0 Å². The van der Waals surface area contributed by atoms with E-state index in [1.807, 2.05) is 0 Å². The Morgan fingerprint density at radius 1 is 0.422 bits per heavy atom. The molecule has 11 heteroatoms. The van der Waals surface area contributed by atoms with Crippen LogP contribution in [0.1, 0.15) is 361 Å². The maximum Gasteiger partial charge on any atom is 0.249 e. The van der Waals surface area contributed by atoms with Gasteiger partial charge in [-0.15, -0.1) is 0 Å². The highest BCUT2D eigenvalue weighted by Gasteiger charge is 2.44. The maximum absolute atomic E-state index is 13.3. The molecular formula is C72H139NO10. The number of ether oxygens (including phenoxy) is 2. The van der Waals surface area contributed by atoms with Gasteiger partial charge in [0.2, 0.25) is 5.91 Å². The molecule has 1 rings (SSSR count). The summed E-state index contributed by atoms with van der Waals surface area (Å²) in [6.45, 7) is 3.52. The normalized spacial score (nSPS) is 19.1. The van der Waals surface area contributed by atoms with Crippen molar-refractivity contribution >= 4 is 5.91 Å². The summed E-state index contributed by atoms with van der Waals surface area (Å²) in [6, 6.07) is -1.17. The van der Waals surface area contributed by atoms with Gasteiger partial charge in [0.15, 0.2) is 6.29 Å². The maximum atomic E-state index is 13.3. The van der Waals surface area contributed by atoms with Crippen LogP contribution in [-0.2, 0) is 14.3 Å². The number of allylic oxidation sites excluding steroid dienone is 4. The second kappa shape index (κ2) is 60.9. The largest absolute Gasteiger partial charge is 0.394 e. The van der Waals surface area contributed by atoms with Crippen LogP contribution < -0.4 is 5.32 Å². The van der Waals surface area contributed by atoms with Crippen LogP contribution in [-0.4, -0.2) is 110 Å². The lowest BCUT2D eigenvalue weighted by Gasteiger charge is -2.40. The average molecular weight is 1180 g/mol. The highest BCUT2D eigenvalue weighted by Crippen LogP contribution is 2.24. The highest BCUT2D eigenvalue weighted by atomic mass is 16.7. The van der Waals surface area contributed by atoms with Gasteiger partial charge in [0.25, 0.3) is 0 Å². The number of carbonyl (C=O) groups excluding carboxylic acids is 1. The molecular weight excluding hydrogens is 1040 g/mol. The molecule has 0 saturated carbocycles. The van der Waals surface area contributed by atoms with Crippen LogP contribution in [0.4, 0.5) is 0 Å². The first-order valence-electron chi connectivity index (χ1n) is 36.2. The molecule has 0 bridgehead atoms. The van der Waals surface area contributed by atoms with Gasteiger partial charge in [-0.3, -0.25) is 4.79 Å². The minimum absolute atomic E-state index is 0.263. The summed E-state index contributed by atoms with van der Waals surface area (Å²) in [5.41, 5.74) is 0. The molecule has 0 aromatic heterocycles. The van der Waals surface area contributed by atoms with Gasteiger partial charge in [-0.1, -0.05) is 340 Å². The Kier molecular flexibility index (Phi) is 58.4. The number of carbonyl (C=O) groups is 1. The van der Waals surface area contributed by atoms with Crippen LogP contribution in [0.3, 0.4) is 0 Å². The predicted octanol–water partition coefficient (Wildman–Crippen LogP) is 17.6. The lowest BCUT2D eigenvalue weighted by atomic mass is 9.98. The third-order valence-corrected chi connectivity index (χ3v) is 17.8. The third kappa shape index (κ3) is 48.2. The van der Waals surface area contributed by atoms with Gasteiger partial charge in [0.05, 0.1) is 25.4 Å². The van der Waals surface area contributed by atoms with Gasteiger partial charge in [-0.2, -0.15) is 0 Å². The fourth-order valence-electron chi connectivity index (χ4n) is 11.9. The van der Waals surface area contributed by atoms with Gasteiger partial charge >= 0.3 is 0 Å². The molecule has 492 valence electrons. The quantitative estimate of drug-likeness (QED) is 0.0215. The molecule has 0 aromatic rings. The van der Waals surface area contributed by atoms with Crippen molar-refractivity contribution in [2.24, 2.45) is 0 Å². The van der Waals surface area contributed by atoms with E-state index in [1.165, 1.54) is 276 Å². The molecule has 1 aliphatic heterocycles. The number of nitrogens with one attached hydrogen (secondary N) is 1. The molecule has 11 nitrogen and oxygen atoms in total. The van der Waals surface area contributed by atoms with Gasteiger partial charge in [0.1, 0.15) is 36.6 Å². The molecule has 1 heterocycles. The van der Waals surface area contributed by atoms with E-state index < -0.39 is 74.2 Å². The number of rotatable bonds is 64. The van der Waals surface area contributed by atoms with Crippen LogP contribution >= 0.6 is 0 Å². The summed E-state index contributed by atoms with van der Waals surface area (Å²) in [5, 5.41) is 76.5. The van der Waals surface area contributed by atoms with E-state index >= 15 is 0 Å². The zero-order chi connectivity index (χ0) is 60.3. The molecule has 1 fully saturated rings. The predicted molar refractivity (Wildman–Crippen MR) is 349 cm³/mol. The SMILES string of the molecule is CCCCCCCCCCCCCCC/C=C\C/C=C\CCCCCCCCCCCCCCCCCCC(O)C(=O)NC(COC1OC(CO)C(O)C(O)C1O)C(O)C(O)CCCCCCCCCCCCCCCCCCCCCC. The minimum Gasteiger partial charge on any atom is -0.394 e. The number of aliphatic hydroxyl groups excluding tert-OH is 7. The number of hydrogen-bond donors (Lipinski definition) is 8. The zero-order valence-corrected chi connectivity index (χ0v) is 54.5.